The molecule has 1 aliphatic heterocycles. The molecule has 134 valence electrons. The Morgan fingerprint density at radius 3 is 2.35 bits per heavy atom. The zero-order valence-electron chi connectivity index (χ0n) is 14.5. The van der Waals surface area contributed by atoms with E-state index < -0.39 is 10.1 Å². The number of urea groups is 1. The highest BCUT2D eigenvalue weighted by atomic mass is 32.2. The first kappa shape index (κ1) is 19.9. The monoisotopic (exact) mass is 347 g/mol. The minimum Gasteiger partial charge on any atom is -0.324 e. The summed E-state index contributed by atoms with van der Waals surface area (Å²) in [5, 5.41) is 10.3. The van der Waals surface area contributed by atoms with Crippen LogP contribution < -0.4 is 5.32 Å². The molecule has 1 saturated heterocycles. The predicted octanol–water partition coefficient (Wildman–Crippen LogP) is 2.04. The number of hydrogen-bond acceptors (Lipinski definition) is 5. The number of rotatable bonds is 6. The van der Waals surface area contributed by atoms with E-state index in [4.69, 9.17) is 9.59 Å². The molecule has 8 heteroatoms. The molecule has 1 rings (SSSR count). The van der Waals surface area contributed by atoms with E-state index >= 15 is 0 Å². The zero-order valence-corrected chi connectivity index (χ0v) is 15.3. The molecule has 0 radical (unpaired) electrons. The normalized spacial score (nSPS) is 18.0. The van der Waals surface area contributed by atoms with Gasteiger partial charge in [-0.05, 0) is 31.1 Å². The van der Waals surface area contributed by atoms with E-state index in [1.165, 1.54) is 0 Å². The van der Waals surface area contributed by atoms with E-state index in [0.717, 1.165) is 19.1 Å². The second kappa shape index (κ2) is 8.63. The standard InChI is InChI=1S/C15H29N3O4S/c1-11(2)14(16)17-15(19)18-8-5-13(6-9-18)12(3)7-10-22-23(4,20)21/h11-13H,5-10H2,1-4H3,(H2,16,17,19)/t12-/m1/s1. The third kappa shape index (κ3) is 7.30. The Balaban J connectivity index is 2.34. The first-order chi connectivity index (χ1) is 10.6. The van der Waals surface area contributed by atoms with Crippen LogP contribution in [0.3, 0.4) is 0 Å². The van der Waals surface area contributed by atoms with E-state index in [-0.39, 0.29) is 24.4 Å². The quantitative estimate of drug-likeness (QED) is 0.436. The first-order valence-electron chi connectivity index (χ1n) is 8.09. The van der Waals surface area contributed by atoms with Gasteiger partial charge in [0, 0.05) is 19.0 Å². The van der Waals surface area contributed by atoms with Gasteiger partial charge in [-0.25, -0.2) is 4.79 Å². The lowest BCUT2D eigenvalue weighted by molar-refractivity contribution is 0.147. The summed E-state index contributed by atoms with van der Waals surface area (Å²) in [6.07, 6.45) is 3.54. The molecule has 1 aliphatic rings. The average molecular weight is 347 g/mol. The van der Waals surface area contributed by atoms with Crippen LogP contribution in [0.1, 0.15) is 40.0 Å². The van der Waals surface area contributed by atoms with Gasteiger partial charge in [-0.1, -0.05) is 20.8 Å². The number of nitrogens with zero attached hydrogens (tertiary/aromatic N) is 1. The topological polar surface area (TPSA) is 99.6 Å². The molecular formula is C15H29N3O4S. The van der Waals surface area contributed by atoms with Crippen LogP contribution in [0.25, 0.3) is 0 Å². The lowest BCUT2D eigenvalue weighted by Crippen LogP contribution is -2.47. The van der Waals surface area contributed by atoms with Crippen molar-refractivity contribution in [2.45, 2.75) is 40.0 Å². The largest absolute Gasteiger partial charge is 0.324 e. The number of hydrogen-bond donors (Lipinski definition) is 2. The number of carbonyl (C=O) groups is 1. The van der Waals surface area contributed by atoms with Crippen molar-refractivity contribution in [1.29, 1.82) is 5.41 Å². The Kier molecular flexibility index (Phi) is 7.47. The summed E-state index contributed by atoms with van der Waals surface area (Å²) in [7, 11) is -3.37. The Morgan fingerprint density at radius 1 is 1.30 bits per heavy atom. The summed E-state index contributed by atoms with van der Waals surface area (Å²) in [4.78, 5) is 13.8. The number of amides is 2. The van der Waals surface area contributed by atoms with Gasteiger partial charge in [0.15, 0.2) is 0 Å². The van der Waals surface area contributed by atoms with Gasteiger partial charge in [0.1, 0.15) is 5.84 Å². The Hall–Kier alpha value is -1.15. The number of piperidine rings is 1. The third-order valence-electron chi connectivity index (χ3n) is 4.32. The van der Waals surface area contributed by atoms with Gasteiger partial charge in [-0.2, -0.15) is 8.42 Å². The molecule has 2 amide bonds. The van der Waals surface area contributed by atoms with Crippen LogP contribution >= 0.6 is 0 Å². The number of nitrogens with one attached hydrogen (secondary N) is 2. The van der Waals surface area contributed by atoms with E-state index in [9.17, 15) is 13.2 Å². The summed E-state index contributed by atoms with van der Waals surface area (Å²) < 4.78 is 26.7. The van der Waals surface area contributed by atoms with Crippen LogP contribution in [0.5, 0.6) is 0 Å². The highest BCUT2D eigenvalue weighted by Gasteiger charge is 2.26. The van der Waals surface area contributed by atoms with Crippen molar-refractivity contribution in [1.82, 2.24) is 10.2 Å². The molecule has 2 N–H and O–H groups in total. The molecule has 7 nitrogen and oxygen atoms in total. The highest BCUT2D eigenvalue weighted by molar-refractivity contribution is 7.85. The van der Waals surface area contributed by atoms with Crippen LogP contribution in [-0.2, 0) is 14.3 Å². The number of carbonyl (C=O) groups excluding carboxylic acids is 1. The van der Waals surface area contributed by atoms with Crippen LogP contribution in [0.15, 0.2) is 0 Å². The molecule has 1 atom stereocenters. The lowest BCUT2D eigenvalue weighted by Gasteiger charge is -2.35. The minimum absolute atomic E-state index is 0.00588. The molecule has 0 spiro atoms. The predicted molar refractivity (Wildman–Crippen MR) is 90.0 cm³/mol. The Labute approximate surface area is 139 Å². The van der Waals surface area contributed by atoms with Crippen molar-refractivity contribution in [3.63, 3.8) is 0 Å². The fourth-order valence-corrected chi connectivity index (χ4v) is 3.03. The molecule has 0 aromatic rings. The molecule has 1 heterocycles. The van der Waals surface area contributed by atoms with E-state index in [2.05, 4.69) is 12.2 Å². The molecule has 23 heavy (non-hydrogen) atoms. The minimum atomic E-state index is -3.37. The van der Waals surface area contributed by atoms with Crippen molar-refractivity contribution in [3.8, 4) is 0 Å². The second-order valence-corrected chi connectivity index (χ2v) is 8.26. The molecule has 0 aromatic carbocycles. The van der Waals surface area contributed by atoms with Crippen LogP contribution in [-0.4, -0.2) is 51.1 Å². The molecule has 0 saturated carbocycles. The van der Waals surface area contributed by atoms with Crippen LogP contribution in [0, 0.1) is 23.2 Å². The Morgan fingerprint density at radius 2 is 1.87 bits per heavy atom. The maximum absolute atomic E-state index is 12.1. The van der Waals surface area contributed by atoms with E-state index in [1.54, 1.807) is 4.90 Å². The van der Waals surface area contributed by atoms with Gasteiger partial charge in [-0.15, -0.1) is 0 Å². The summed E-state index contributed by atoms with van der Waals surface area (Å²) in [6, 6.07) is -0.199. The van der Waals surface area contributed by atoms with Crippen molar-refractivity contribution < 1.29 is 17.4 Å². The van der Waals surface area contributed by atoms with Gasteiger partial charge in [0.25, 0.3) is 10.1 Å². The van der Waals surface area contributed by atoms with E-state index in [0.29, 0.717) is 31.3 Å². The van der Waals surface area contributed by atoms with Gasteiger partial charge >= 0.3 is 6.03 Å². The van der Waals surface area contributed by atoms with Gasteiger partial charge in [0.05, 0.1) is 12.9 Å². The number of amidine groups is 1. The summed E-state index contributed by atoms with van der Waals surface area (Å²) >= 11 is 0. The maximum Gasteiger partial charge on any atom is 0.322 e. The smallest absolute Gasteiger partial charge is 0.322 e. The Bertz CT molecular complexity index is 511. The van der Waals surface area contributed by atoms with Crippen molar-refractivity contribution in [2.75, 3.05) is 26.0 Å². The maximum atomic E-state index is 12.1. The van der Waals surface area contributed by atoms with Crippen molar-refractivity contribution in [3.05, 3.63) is 0 Å². The molecule has 0 aliphatic carbocycles. The molecular weight excluding hydrogens is 318 g/mol. The van der Waals surface area contributed by atoms with Crippen LogP contribution in [0.4, 0.5) is 4.79 Å². The molecule has 0 bridgehead atoms. The van der Waals surface area contributed by atoms with Gasteiger partial charge in [0.2, 0.25) is 0 Å². The summed E-state index contributed by atoms with van der Waals surface area (Å²) in [6.45, 7) is 7.38. The molecule has 0 unspecified atom stereocenters. The molecule has 0 aromatic heterocycles. The van der Waals surface area contributed by atoms with Gasteiger partial charge < -0.3 is 4.90 Å². The zero-order chi connectivity index (χ0) is 17.6. The summed E-state index contributed by atoms with van der Waals surface area (Å²) in [5.74, 6) is 1.07. The van der Waals surface area contributed by atoms with Crippen molar-refractivity contribution in [2.24, 2.45) is 17.8 Å². The summed E-state index contributed by atoms with van der Waals surface area (Å²) in [5.41, 5.74) is 0. The number of likely N-dealkylation sites (tertiary alicyclic amines) is 1. The van der Waals surface area contributed by atoms with Gasteiger partial charge in [-0.3, -0.25) is 14.9 Å². The molecule has 1 fully saturated rings. The SMILES string of the molecule is CC(C)C(=N)NC(=O)N1CCC([C@H](C)CCOS(C)(=O)=O)CC1. The van der Waals surface area contributed by atoms with E-state index in [1.807, 2.05) is 13.8 Å². The lowest BCUT2D eigenvalue weighted by atomic mass is 9.84. The fraction of sp³-hybridized carbons (Fsp3) is 0.867. The second-order valence-electron chi connectivity index (χ2n) is 6.62. The van der Waals surface area contributed by atoms with Crippen LogP contribution in [0.2, 0.25) is 0 Å². The first-order valence-corrected chi connectivity index (χ1v) is 9.90. The fourth-order valence-electron chi connectivity index (χ4n) is 2.63. The highest BCUT2D eigenvalue weighted by Crippen LogP contribution is 2.27. The third-order valence-corrected chi connectivity index (χ3v) is 4.92. The van der Waals surface area contributed by atoms with Crippen molar-refractivity contribution >= 4 is 22.0 Å². The average Bonchev–Trinajstić information content (AvgIpc) is 2.45.